The lowest BCUT2D eigenvalue weighted by Gasteiger charge is -2.40. The monoisotopic (exact) mass is 201 g/mol. The number of nitrogens with zero attached hydrogens (tertiary/aromatic N) is 1. The van der Waals surface area contributed by atoms with Gasteiger partial charge in [-0.3, -0.25) is 4.90 Å². The topological polar surface area (TPSA) is 3.24 Å². The van der Waals surface area contributed by atoms with Crippen LogP contribution in [-0.2, 0) is 0 Å². The molecule has 0 aromatic rings. The molecule has 3 unspecified atom stereocenters. The minimum Gasteiger partial charge on any atom is -0.298 e. The minimum atomic E-state index is 0.728. The van der Waals surface area contributed by atoms with E-state index in [0.717, 1.165) is 23.8 Å². The van der Waals surface area contributed by atoms with Gasteiger partial charge in [0.05, 0.1) is 0 Å². The van der Waals surface area contributed by atoms with Crippen molar-refractivity contribution in [3.63, 3.8) is 0 Å². The van der Waals surface area contributed by atoms with Gasteiger partial charge in [-0.15, -0.1) is 0 Å². The maximum absolute atomic E-state index is 4.35. The molecule has 1 aliphatic heterocycles. The lowest BCUT2D eigenvalue weighted by atomic mass is 9.96. The van der Waals surface area contributed by atoms with E-state index in [1.807, 2.05) is 0 Å². The van der Waals surface area contributed by atoms with E-state index < -0.39 is 0 Å². The van der Waals surface area contributed by atoms with Crippen molar-refractivity contribution < 1.29 is 0 Å². The molecule has 3 atom stereocenters. The molecule has 1 rings (SSSR count). The average molecular weight is 201 g/mol. The van der Waals surface area contributed by atoms with Gasteiger partial charge < -0.3 is 0 Å². The first-order valence-electron chi connectivity index (χ1n) is 5.51. The van der Waals surface area contributed by atoms with E-state index >= 15 is 0 Å². The largest absolute Gasteiger partial charge is 0.298 e. The highest BCUT2D eigenvalue weighted by molar-refractivity contribution is 7.80. The van der Waals surface area contributed by atoms with Crippen LogP contribution in [0.4, 0.5) is 0 Å². The van der Waals surface area contributed by atoms with Gasteiger partial charge in [-0.1, -0.05) is 13.3 Å². The molecule has 2 heteroatoms. The zero-order chi connectivity index (χ0) is 9.84. The average Bonchev–Trinajstić information content (AvgIpc) is 2.11. The van der Waals surface area contributed by atoms with Crippen molar-refractivity contribution in [1.82, 2.24) is 4.90 Å². The molecule has 1 aliphatic rings. The van der Waals surface area contributed by atoms with E-state index in [2.05, 4.69) is 38.3 Å². The molecule has 1 heterocycles. The number of rotatable bonds is 3. The molecule has 0 N–H and O–H groups in total. The first-order valence-corrected chi connectivity index (χ1v) is 6.15. The Balaban J connectivity index is 2.43. The highest BCUT2D eigenvalue weighted by atomic mass is 32.1. The van der Waals surface area contributed by atoms with Crippen molar-refractivity contribution in [2.75, 3.05) is 12.3 Å². The normalized spacial score (nSPS) is 33.2. The van der Waals surface area contributed by atoms with Gasteiger partial charge in [0.2, 0.25) is 0 Å². The van der Waals surface area contributed by atoms with Crippen LogP contribution in [-0.4, -0.2) is 29.3 Å². The van der Waals surface area contributed by atoms with Crippen molar-refractivity contribution in [2.24, 2.45) is 5.92 Å². The maximum atomic E-state index is 4.35. The molecule has 0 spiro atoms. The first-order chi connectivity index (χ1) is 6.15. The summed E-state index contributed by atoms with van der Waals surface area (Å²) in [5, 5.41) is 0. The minimum absolute atomic E-state index is 0.728. The van der Waals surface area contributed by atoms with Gasteiger partial charge >= 0.3 is 0 Å². The number of hydrogen-bond donors (Lipinski definition) is 1. The van der Waals surface area contributed by atoms with Crippen LogP contribution < -0.4 is 0 Å². The zero-order valence-electron chi connectivity index (χ0n) is 9.16. The van der Waals surface area contributed by atoms with E-state index in [4.69, 9.17) is 0 Å². The van der Waals surface area contributed by atoms with Crippen molar-refractivity contribution in [3.05, 3.63) is 0 Å². The van der Waals surface area contributed by atoms with Gasteiger partial charge in [0.15, 0.2) is 0 Å². The van der Waals surface area contributed by atoms with Crippen LogP contribution in [0.15, 0.2) is 0 Å². The summed E-state index contributed by atoms with van der Waals surface area (Å²) < 4.78 is 0. The summed E-state index contributed by atoms with van der Waals surface area (Å²) in [5.41, 5.74) is 0. The summed E-state index contributed by atoms with van der Waals surface area (Å²) in [6.07, 6.45) is 4.17. The van der Waals surface area contributed by atoms with E-state index in [1.54, 1.807) is 0 Å². The van der Waals surface area contributed by atoms with Crippen LogP contribution in [0, 0.1) is 5.92 Å². The Morgan fingerprint density at radius 1 is 1.31 bits per heavy atom. The smallest absolute Gasteiger partial charge is 0.00698 e. The number of likely N-dealkylation sites (tertiary alicyclic amines) is 1. The summed E-state index contributed by atoms with van der Waals surface area (Å²) in [7, 11) is 0. The van der Waals surface area contributed by atoms with Crippen LogP contribution in [0.2, 0.25) is 0 Å². The molecule has 78 valence electrons. The molecule has 0 saturated carbocycles. The highest BCUT2D eigenvalue weighted by Gasteiger charge is 2.25. The van der Waals surface area contributed by atoms with E-state index in [-0.39, 0.29) is 0 Å². The third kappa shape index (κ3) is 3.17. The Morgan fingerprint density at radius 3 is 2.31 bits per heavy atom. The molecule has 1 fully saturated rings. The third-order valence-electron chi connectivity index (χ3n) is 3.21. The molecule has 1 saturated heterocycles. The zero-order valence-corrected chi connectivity index (χ0v) is 10.1. The molecule has 0 bridgehead atoms. The summed E-state index contributed by atoms with van der Waals surface area (Å²) in [6.45, 7) is 8.24. The van der Waals surface area contributed by atoms with Gasteiger partial charge in [0.1, 0.15) is 0 Å². The molecule has 0 aromatic carbocycles. The maximum Gasteiger partial charge on any atom is 0.00698 e. The lowest BCUT2D eigenvalue weighted by molar-refractivity contribution is 0.0906. The second-order valence-electron chi connectivity index (χ2n) is 4.61. The van der Waals surface area contributed by atoms with Gasteiger partial charge in [-0.2, -0.15) is 12.6 Å². The van der Waals surface area contributed by atoms with Crippen LogP contribution in [0.5, 0.6) is 0 Å². The standard InChI is InChI=1S/C11H23NS/c1-9(8-13)7-12-10(2)5-4-6-11(12)3/h9-11,13H,4-8H2,1-3H3. The molecular weight excluding hydrogens is 178 g/mol. The summed E-state index contributed by atoms with van der Waals surface area (Å²) in [5.74, 6) is 1.74. The van der Waals surface area contributed by atoms with Crippen LogP contribution in [0.3, 0.4) is 0 Å². The van der Waals surface area contributed by atoms with E-state index in [1.165, 1.54) is 25.8 Å². The fourth-order valence-electron chi connectivity index (χ4n) is 2.25. The summed E-state index contributed by atoms with van der Waals surface area (Å²) in [4.78, 5) is 2.66. The van der Waals surface area contributed by atoms with Gasteiger partial charge in [-0.25, -0.2) is 0 Å². The molecule has 1 nitrogen and oxygen atoms in total. The van der Waals surface area contributed by atoms with Crippen LogP contribution >= 0.6 is 12.6 Å². The first kappa shape index (κ1) is 11.4. The SMILES string of the molecule is CC(CS)CN1C(C)CCCC1C. The molecule has 0 amide bonds. The quantitative estimate of drug-likeness (QED) is 0.687. The van der Waals surface area contributed by atoms with E-state index in [0.29, 0.717) is 0 Å². The summed E-state index contributed by atoms with van der Waals surface area (Å²) in [6, 6.07) is 1.57. The molecular formula is C11H23NS. The van der Waals surface area contributed by atoms with Gasteiger partial charge in [-0.05, 0) is 38.4 Å². The fourth-order valence-corrected chi connectivity index (χ4v) is 2.37. The Labute approximate surface area is 88.3 Å². The number of piperidine rings is 1. The van der Waals surface area contributed by atoms with Crippen LogP contribution in [0.1, 0.15) is 40.0 Å². The molecule has 0 aromatic heterocycles. The third-order valence-corrected chi connectivity index (χ3v) is 3.83. The van der Waals surface area contributed by atoms with Crippen molar-refractivity contribution >= 4 is 12.6 Å². The Hall–Kier alpha value is 0.310. The Morgan fingerprint density at radius 2 is 1.85 bits per heavy atom. The molecule has 13 heavy (non-hydrogen) atoms. The van der Waals surface area contributed by atoms with Crippen molar-refractivity contribution in [3.8, 4) is 0 Å². The lowest BCUT2D eigenvalue weighted by Crippen LogP contribution is -2.45. The second kappa shape index (κ2) is 5.26. The van der Waals surface area contributed by atoms with Crippen molar-refractivity contribution in [1.29, 1.82) is 0 Å². The Kier molecular flexibility index (Phi) is 4.60. The second-order valence-corrected chi connectivity index (χ2v) is 4.98. The predicted octanol–water partition coefficient (Wildman–Crippen LogP) is 2.82. The fraction of sp³-hybridized carbons (Fsp3) is 1.00. The number of thiol groups is 1. The van der Waals surface area contributed by atoms with Gasteiger partial charge in [0.25, 0.3) is 0 Å². The van der Waals surface area contributed by atoms with Crippen molar-refractivity contribution in [2.45, 2.75) is 52.1 Å². The van der Waals surface area contributed by atoms with E-state index in [9.17, 15) is 0 Å². The molecule has 0 radical (unpaired) electrons. The summed E-state index contributed by atoms with van der Waals surface area (Å²) >= 11 is 4.35. The number of hydrogen-bond acceptors (Lipinski definition) is 2. The highest BCUT2D eigenvalue weighted by Crippen LogP contribution is 2.23. The van der Waals surface area contributed by atoms with Gasteiger partial charge in [0, 0.05) is 18.6 Å². The predicted molar refractivity (Wildman–Crippen MR) is 62.5 cm³/mol. The Bertz CT molecular complexity index is 139. The molecule has 0 aliphatic carbocycles. The van der Waals surface area contributed by atoms with Crippen LogP contribution in [0.25, 0.3) is 0 Å².